The maximum Gasteiger partial charge on any atom is 0.485 e. The average molecular weight is 1240 g/mol. The molecule has 0 N–H and O–H groups in total. The third kappa shape index (κ3) is 45.3. The number of hydrogen-bond acceptors (Lipinski definition) is 6. The van der Waals surface area contributed by atoms with Gasteiger partial charge in [-0.15, -0.1) is 0 Å². The van der Waals surface area contributed by atoms with Crippen LogP contribution < -0.4 is 0 Å². The fourth-order valence-corrected chi connectivity index (χ4v) is 65.6. The van der Waals surface area contributed by atoms with Crippen molar-refractivity contribution >= 4 is 30.9 Å². The number of hydrogen-bond donors (Lipinski definition) is 0. The Morgan fingerprint density at radius 2 is 0.418 bits per heavy atom. The molecule has 0 aliphatic carbocycles. The second-order valence-electron chi connectivity index (χ2n) is 19.2. The number of rotatable bonds is 44. The summed E-state index contributed by atoms with van der Waals surface area (Å²) in [6.07, 6.45) is 65.1. The van der Waals surface area contributed by atoms with Crippen LogP contribution in [0.3, 0.4) is 0 Å². The molecule has 0 aliphatic heterocycles. The SMILES string of the molecule is CCCCCCCC[PH](CCCCCCCC)(CCCCCCCC)[Pt+2][PH](CCCCCCCC)(CCCCCCCC)CCCCCCCC.O=S(=O)([O-])C(F)(F)F.O=S(=O)([O-])C(F)(F)F. The number of halogens is 6. The molecule has 0 spiro atoms. The summed E-state index contributed by atoms with van der Waals surface area (Å²) in [5, 5.41) is -2.41. The third-order valence-electron chi connectivity index (χ3n) is 12.7. The van der Waals surface area contributed by atoms with Crippen LogP contribution in [0.1, 0.15) is 273 Å². The first-order valence-corrected chi connectivity index (χ1v) is 41.7. The summed E-state index contributed by atoms with van der Waals surface area (Å²) in [6, 6.07) is 0. The molecule has 0 aromatic rings. The number of unbranched alkanes of at least 4 members (excludes halogenated alkanes) is 30. The van der Waals surface area contributed by atoms with E-state index in [1.807, 2.05) is 0 Å². The van der Waals surface area contributed by atoms with Crippen LogP contribution in [0.25, 0.3) is 0 Å². The standard InChI is InChI=1S/2C24H51P.2CHF3O3S.Pt/c2*1-4-7-10-13-16-19-22-25(23-20-17-14-11-8-5-2)24-21-18-15-12-9-6-3;2*2-1(3,4)8(5,6)7;/h2*4-24H2,1-3H3;2*(H,5,6,7);. The molecule has 6 nitrogen and oxygen atoms in total. The molecule has 0 fully saturated rings. The fraction of sp³-hybridized carbons (Fsp3) is 1.00. The fourth-order valence-electron chi connectivity index (χ4n) is 8.61. The molecule has 17 heteroatoms. The van der Waals surface area contributed by atoms with E-state index >= 15 is 0 Å². The zero-order chi connectivity index (χ0) is 51.4. The zero-order valence-electron chi connectivity index (χ0n) is 43.5. The molecule has 0 amide bonds. The van der Waals surface area contributed by atoms with Gasteiger partial charge in [0.1, 0.15) is 0 Å². The Balaban J connectivity index is -0.00000215. The maximum atomic E-state index is 10.7. The van der Waals surface area contributed by atoms with Crippen molar-refractivity contribution in [3.63, 3.8) is 0 Å². The Hall–Kier alpha value is 0.948. The first-order valence-electron chi connectivity index (χ1n) is 27.2. The minimum absolute atomic E-state index is 0.407. The van der Waals surface area contributed by atoms with E-state index in [9.17, 15) is 26.3 Å². The molecular weight excluding hydrogens is 1130 g/mol. The Bertz CT molecular complexity index is 1120. The zero-order valence-corrected chi connectivity index (χ0v) is 49.5. The Morgan fingerprint density at radius 3 is 0.537 bits per heavy atom. The van der Waals surface area contributed by atoms with Crippen molar-refractivity contribution in [3.8, 4) is 0 Å². The van der Waals surface area contributed by atoms with Gasteiger partial charge < -0.3 is 9.11 Å². The molecule has 414 valence electrons. The minimum Gasteiger partial charge on any atom is -0.741 e. The van der Waals surface area contributed by atoms with Gasteiger partial charge in [0.15, 0.2) is 20.2 Å². The second kappa shape index (κ2) is 45.6. The summed E-state index contributed by atoms with van der Waals surface area (Å²) in [5.74, 6) is 0. The summed E-state index contributed by atoms with van der Waals surface area (Å²) >= 11 is 0.407. The normalized spacial score (nSPS) is 13.3. The summed E-state index contributed by atoms with van der Waals surface area (Å²) in [7, 11) is -12.2. The molecule has 0 bridgehead atoms. The first-order chi connectivity index (χ1) is 31.6. The Labute approximate surface area is 419 Å². The van der Waals surface area contributed by atoms with Crippen LogP contribution >= 0.6 is 10.7 Å². The molecule has 0 saturated heterocycles. The summed E-state index contributed by atoms with van der Waals surface area (Å²) < 4.78 is 118. The van der Waals surface area contributed by atoms with Gasteiger partial charge in [0, 0.05) is 0 Å². The van der Waals surface area contributed by atoms with Crippen molar-refractivity contribution in [3.05, 3.63) is 0 Å². The number of alkyl halides is 6. The maximum absolute atomic E-state index is 10.7. The van der Waals surface area contributed by atoms with E-state index in [-0.39, 0.29) is 0 Å². The van der Waals surface area contributed by atoms with Gasteiger partial charge in [0.25, 0.3) is 0 Å². The van der Waals surface area contributed by atoms with E-state index in [0.29, 0.717) is 17.5 Å². The van der Waals surface area contributed by atoms with E-state index in [1.165, 1.54) is 154 Å². The molecule has 0 unspecified atom stereocenters. The largest absolute Gasteiger partial charge is 0.741 e. The second-order valence-corrected chi connectivity index (χ2v) is 49.4. The molecule has 0 aromatic carbocycles. The van der Waals surface area contributed by atoms with Crippen molar-refractivity contribution in [2.24, 2.45) is 0 Å². The van der Waals surface area contributed by atoms with Crippen LogP contribution in [0.5, 0.6) is 0 Å². The van der Waals surface area contributed by atoms with E-state index in [4.69, 9.17) is 25.9 Å². The van der Waals surface area contributed by atoms with Gasteiger partial charge in [0.05, 0.1) is 0 Å². The molecule has 0 radical (unpaired) electrons. The summed E-state index contributed by atoms with van der Waals surface area (Å²) in [4.78, 5) is 0. The Morgan fingerprint density at radius 1 is 0.299 bits per heavy atom. The molecule has 0 atom stereocenters. The van der Waals surface area contributed by atoms with Crippen molar-refractivity contribution in [1.29, 1.82) is 0 Å². The Kier molecular flexibility index (Phi) is 49.1. The van der Waals surface area contributed by atoms with Crippen LogP contribution in [0, 0.1) is 0 Å². The van der Waals surface area contributed by atoms with Gasteiger partial charge in [-0.05, 0) is 0 Å². The molecular formula is C50H104F6O6P2PtS2. The summed E-state index contributed by atoms with van der Waals surface area (Å²) in [5.41, 5.74) is -11.3. The van der Waals surface area contributed by atoms with Gasteiger partial charge in [-0.2, -0.15) is 26.3 Å². The van der Waals surface area contributed by atoms with Gasteiger partial charge >= 0.3 is 349 Å². The van der Waals surface area contributed by atoms with Crippen molar-refractivity contribution in [2.45, 2.75) is 284 Å². The molecule has 0 aromatic heterocycles. The topological polar surface area (TPSA) is 114 Å². The van der Waals surface area contributed by atoms with Crippen LogP contribution in [0.2, 0.25) is 0 Å². The van der Waals surface area contributed by atoms with Gasteiger partial charge in [-0.1, -0.05) is 0 Å². The van der Waals surface area contributed by atoms with Gasteiger partial charge in [-0.25, -0.2) is 16.8 Å². The molecule has 0 rings (SSSR count). The molecule has 0 saturated carbocycles. The van der Waals surface area contributed by atoms with Crippen molar-refractivity contribution < 1.29 is 69.8 Å². The quantitative estimate of drug-likeness (QED) is 0.0197. The van der Waals surface area contributed by atoms with Gasteiger partial charge in [-0.3, -0.25) is 0 Å². The van der Waals surface area contributed by atoms with E-state index in [0.717, 1.165) is 0 Å². The van der Waals surface area contributed by atoms with E-state index in [1.54, 1.807) is 114 Å². The van der Waals surface area contributed by atoms with Crippen molar-refractivity contribution in [2.75, 3.05) is 37.0 Å². The van der Waals surface area contributed by atoms with Crippen LogP contribution in [-0.2, 0) is 37.8 Å². The van der Waals surface area contributed by atoms with E-state index in [2.05, 4.69) is 41.5 Å². The van der Waals surface area contributed by atoms with Crippen molar-refractivity contribution in [1.82, 2.24) is 0 Å². The predicted octanol–water partition coefficient (Wildman–Crippen LogP) is 18.7. The van der Waals surface area contributed by atoms with Crippen LogP contribution in [-0.4, -0.2) is 73.9 Å². The molecule has 67 heavy (non-hydrogen) atoms. The van der Waals surface area contributed by atoms with E-state index < -0.39 is 42.0 Å². The van der Waals surface area contributed by atoms with Crippen LogP contribution in [0.15, 0.2) is 0 Å². The van der Waals surface area contributed by atoms with Gasteiger partial charge in [0.2, 0.25) is 0 Å². The monoisotopic (exact) mass is 1240 g/mol. The predicted molar refractivity (Wildman–Crippen MR) is 278 cm³/mol. The average Bonchev–Trinajstić information content (AvgIpc) is 3.24. The van der Waals surface area contributed by atoms with Crippen LogP contribution in [0.4, 0.5) is 26.3 Å². The smallest absolute Gasteiger partial charge is 0.485 e. The minimum atomic E-state index is -6.09. The molecule has 0 heterocycles. The molecule has 0 aliphatic rings. The summed E-state index contributed by atoms with van der Waals surface area (Å²) in [6.45, 7) is 14.4. The first kappa shape index (κ1) is 72.2. The third-order valence-corrected chi connectivity index (χ3v) is 55.7.